The fraction of sp³-hybridized carbons (Fsp3) is 0.111. The highest BCUT2D eigenvalue weighted by atomic mass is 127. The van der Waals surface area contributed by atoms with Crippen molar-refractivity contribution in [2.45, 2.75) is 0 Å². The van der Waals surface area contributed by atoms with E-state index in [0.717, 1.165) is 9.14 Å². The number of halogens is 1. The zero-order chi connectivity index (χ0) is 9.90. The van der Waals surface area contributed by atoms with E-state index in [9.17, 15) is 8.42 Å². The maximum atomic E-state index is 10.9. The molecule has 0 saturated heterocycles. The van der Waals surface area contributed by atoms with Crippen LogP contribution < -0.4 is 0 Å². The monoisotopic (exact) mass is 308 g/mol. The molecule has 0 aliphatic carbocycles. The Hall–Kier alpha value is -0.360. The van der Waals surface area contributed by atoms with E-state index in [-0.39, 0.29) is 0 Å². The molecule has 0 radical (unpaired) electrons. The SMILES string of the molecule is CS(=O)(=O)C=C(I)c1ccccc1. The highest BCUT2D eigenvalue weighted by Crippen LogP contribution is 2.21. The molecule has 0 aliphatic rings. The topological polar surface area (TPSA) is 34.1 Å². The van der Waals surface area contributed by atoms with Crippen LogP contribution >= 0.6 is 22.6 Å². The average molecular weight is 308 g/mol. The molecule has 2 nitrogen and oxygen atoms in total. The number of hydrogen-bond acceptors (Lipinski definition) is 2. The number of sulfone groups is 1. The summed E-state index contributed by atoms with van der Waals surface area (Å²) < 4.78 is 22.6. The molecule has 0 fully saturated rings. The molecule has 0 heterocycles. The van der Waals surface area contributed by atoms with E-state index in [1.54, 1.807) is 0 Å². The van der Waals surface area contributed by atoms with Gasteiger partial charge >= 0.3 is 0 Å². The first-order chi connectivity index (χ1) is 5.99. The molecular weight excluding hydrogens is 299 g/mol. The largest absolute Gasteiger partial charge is 0.225 e. The van der Waals surface area contributed by atoms with Crippen LogP contribution in [0.3, 0.4) is 0 Å². The standard InChI is InChI=1S/C9H9IO2S/c1-13(11,12)7-9(10)8-5-3-2-4-6-8/h2-7H,1H3. The second-order valence-corrected chi connectivity index (χ2v) is 5.72. The third kappa shape index (κ3) is 3.91. The predicted octanol–water partition coefficient (Wildman–Crippen LogP) is 2.46. The zero-order valence-corrected chi connectivity index (χ0v) is 10.0. The Morgan fingerprint density at radius 1 is 1.31 bits per heavy atom. The number of benzene rings is 1. The van der Waals surface area contributed by atoms with Crippen molar-refractivity contribution in [1.82, 2.24) is 0 Å². The quantitative estimate of drug-likeness (QED) is 0.787. The van der Waals surface area contributed by atoms with Crippen LogP contribution in [-0.2, 0) is 9.84 Å². The second kappa shape index (κ2) is 4.23. The molecule has 0 N–H and O–H groups in total. The molecule has 0 spiro atoms. The minimum Gasteiger partial charge on any atom is -0.225 e. The van der Waals surface area contributed by atoms with Gasteiger partial charge in [0.25, 0.3) is 0 Å². The van der Waals surface area contributed by atoms with Gasteiger partial charge in [-0.25, -0.2) is 8.42 Å². The van der Waals surface area contributed by atoms with Crippen molar-refractivity contribution < 1.29 is 8.42 Å². The van der Waals surface area contributed by atoms with Crippen LogP contribution in [0.2, 0.25) is 0 Å². The fourth-order valence-electron chi connectivity index (χ4n) is 0.853. The smallest absolute Gasteiger partial charge is 0.169 e. The van der Waals surface area contributed by atoms with Gasteiger partial charge in [0, 0.05) is 15.2 Å². The van der Waals surface area contributed by atoms with Gasteiger partial charge < -0.3 is 0 Å². The summed E-state index contributed by atoms with van der Waals surface area (Å²) >= 11 is 2.01. The summed E-state index contributed by atoms with van der Waals surface area (Å²) in [6, 6.07) is 9.41. The van der Waals surface area contributed by atoms with Gasteiger partial charge in [-0.3, -0.25) is 0 Å². The van der Waals surface area contributed by atoms with Crippen molar-refractivity contribution in [2.75, 3.05) is 6.26 Å². The lowest BCUT2D eigenvalue weighted by atomic mass is 10.2. The van der Waals surface area contributed by atoms with Crippen molar-refractivity contribution in [3.05, 3.63) is 41.3 Å². The summed E-state index contributed by atoms with van der Waals surface area (Å²) in [6.07, 6.45) is 1.19. The second-order valence-electron chi connectivity index (χ2n) is 2.66. The molecule has 1 rings (SSSR count). The average Bonchev–Trinajstić information content (AvgIpc) is 2.03. The molecule has 70 valence electrons. The molecule has 0 unspecified atom stereocenters. The molecule has 13 heavy (non-hydrogen) atoms. The van der Waals surface area contributed by atoms with E-state index in [2.05, 4.69) is 0 Å². The minimum atomic E-state index is -3.04. The van der Waals surface area contributed by atoms with Gasteiger partial charge in [0.1, 0.15) is 0 Å². The molecule has 0 amide bonds. The lowest BCUT2D eigenvalue weighted by Gasteiger charge is -1.97. The lowest BCUT2D eigenvalue weighted by molar-refractivity contribution is 0.610. The van der Waals surface area contributed by atoms with Gasteiger partial charge in [0.15, 0.2) is 9.84 Å². The van der Waals surface area contributed by atoms with Crippen LogP contribution in [0.5, 0.6) is 0 Å². The summed E-state index contributed by atoms with van der Waals surface area (Å²) in [5.41, 5.74) is 0.925. The van der Waals surface area contributed by atoms with Crippen molar-refractivity contribution in [1.29, 1.82) is 0 Å². The zero-order valence-electron chi connectivity index (χ0n) is 7.07. The summed E-state index contributed by atoms with van der Waals surface area (Å²) in [6.45, 7) is 0. The van der Waals surface area contributed by atoms with Crippen LogP contribution in [0.4, 0.5) is 0 Å². The van der Waals surface area contributed by atoms with Gasteiger partial charge in [-0.2, -0.15) is 0 Å². The van der Waals surface area contributed by atoms with E-state index in [1.165, 1.54) is 11.7 Å². The van der Waals surface area contributed by atoms with Gasteiger partial charge in [-0.1, -0.05) is 30.3 Å². The lowest BCUT2D eigenvalue weighted by Crippen LogP contribution is -1.89. The predicted molar refractivity (Wildman–Crippen MR) is 63.3 cm³/mol. The van der Waals surface area contributed by atoms with Gasteiger partial charge in [-0.05, 0) is 28.2 Å². The van der Waals surface area contributed by atoms with Crippen LogP contribution in [0.15, 0.2) is 35.7 Å². The van der Waals surface area contributed by atoms with Crippen LogP contribution in [0.1, 0.15) is 5.56 Å². The summed E-state index contributed by atoms with van der Waals surface area (Å²) in [5.74, 6) is 0. The van der Waals surface area contributed by atoms with Crippen molar-refractivity contribution in [3.8, 4) is 0 Å². The summed E-state index contributed by atoms with van der Waals surface area (Å²) in [7, 11) is -3.04. The Morgan fingerprint density at radius 2 is 1.85 bits per heavy atom. The first-order valence-electron chi connectivity index (χ1n) is 3.62. The number of hydrogen-bond donors (Lipinski definition) is 0. The Bertz CT molecular complexity index is 407. The van der Waals surface area contributed by atoms with Crippen LogP contribution in [-0.4, -0.2) is 14.7 Å². The maximum Gasteiger partial charge on any atom is 0.169 e. The molecule has 4 heteroatoms. The molecule has 0 bridgehead atoms. The Balaban J connectivity index is 3.06. The maximum absolute atomic E-state index is 10.9. The van der Waals surface area contributed by atoms with Crippen LogP contribution in [0, 0.1) is 0 Å². The molecule has 1 aromatic rings. The normalized spacial score (nSPS) is 12.9. The van der Waals surface area contributed by atoms with Crippen molar-refractivity contribution in [2.24, 2.45) is 0 Å². The molecule has 0 saturated carbocycles. The number of rotatable bonds is 2. The Morgan fingerprint density at radius 3 is 2.31 bits per heavy atom. The minimum absolute atomic E-state index is 0.737. The van der Waals surface area contributed by atoms with Crippen LogP contribution in [0.25, 0.3) is 3.58 Å². The highest BCUT2D eigenvalue weighted by molar-refractivity contribution is 14.1. The van der Waals surface area contributed by atoms with Gasteiger partial charge in [0.05, 0.1) is 0 Å². The van der Waals surface area contributed by atoms with E-state index >= 15 is 0 Å². The Labute approximate surface area is 91.7 Å². The first kappa shape index (κ1) is 10.7. The Kier molecular flexibility index (Phi) is 3.49. The van der Waals surface area contributed by atoms with E-state index in [4.69, 9.17) is 0 Å². The third-order valence-electron chi connectivity index (χ3n) is 1.37. The summed E-state index contributed by atoms with van der Waals surface area (Å²) in [4.78, 5) is 0. The molecule has 0 aromatic heterocycles. The van der Waals surface area contributed by atoms with Crippen molar-refractivity contribution in [3.63, 3.8) is 0 Å². The van der Waals surface area contributed by atoms with E-state index < -0.39 is 9.84 Å². The summed E-state index contributed by atoms with van der Waals surface area (Å²) in [5, 5.41) is 1.27. The van der Waals surface area contributed by atoms with Crippen molar-refractivity contribution >= 4 is 36.0 Å². The highest BCUT2D eigenvalue weighted by Gasteiger charge is 2.01. The van der Waals surface area contributed by atoms with E-state index in [1.807, 2.05) is 52.9 Å². The van der Waals surface area contributed by atoms with Gasteiger partial charge in [-0.15, -0.1) is 0 Å². The molecular formula is C9H9IO2S. The fourth-order valence-corrected chi connectivity index (χ4v) is 3.11. The molecule has 0 atom stereocenters. The molecule has 0 aliphatic heterocycles. The molecule has 1 aromatic carbocycles. The van der Waals surface area contributed by atoms with Gasteiger partial charge in [0.2, 0.25) is 0 Å². The first-order valence-corrected chi connectivity index (χ1v) is 6.65. The van der Waals surface area contributed by atoms with E-state index in [0.29, 0.717) is 0 Å². The third-order valence-corrected chi connectivity index (χ3v) is 3.39.